The van der Waals surface area contributed by atoms with Gasteiger partial charge in [0.25, 0.3) is 0 Å². The molecule has 0 spiro atoms. The molecule has 160 valence electrons. The number of nitrogens with zero attached hydrogens (tertiary/aromatic N) is 2. The van der Waals surface area contributed by atoms with E-state index in [1.54, 1.807) is 42.7 Å². The molecule has 0 amide bonds. The van der Waals surface area contributed by atoms with Gasteiger partial charge in [-0.1, -0.05) is 42.5 Å². The number of hydrogen-bond donors (Lipinski definition) is 2. The second kappa shape index (κ2) is 9.11. The number of nitrogens with one attached hydrogen (secondary N) is 2. The van der Waals surface area contributed by atoms with Gasteiger partial charge < -0.3 is 10.1 Å². The molecule has 0 atom stereocenters. The van der Waals surface area contributed by atoms with Crippen LogP contribution in [0, 0.1) is 0 Å². The Morgan fingerprint density at radius 1 is 1.03 bits per heavy atom. The Morgan fingerprint density at radius 3 is 2.45 bits per heavy atom. The SMILES string of the molecule is CNS(=O)(=O)c1ccc(CNc2nc(COC)nc3scc(-c4ccccc4)c23)cc1. The van der Waals surface area contributed by atoms with E-state index in [1.807, 2.05) is 18.2 Å². The summed E-state index contributed by atoms with van der Waals surface area (Å²) in [7, 11) is -0.442. The number of aromatic nitrogens is 2. The van der Waals surface area contributed by atoms with Crippen molar-refractivity contribution in [1.29, 1.82) is 0 Å². The highest BCUT2D eigenvalue weighted by atomic mass is 32.2. The summed E-state index contributed by atoms with van der Waals surface area (Å²) in [6.45, 7) is 0.808. The summed E-state index contributed by atoms with van der Waals surface area (Å²) in [5.41, 5.74) is 3.11. The Hall–Kier alpha value is -2.85. The van der Waals surface area contributed by atoms with Crippen molar-refractivity contribution in [3.05, 3.63) is 71.4 Å². The normalized spacial score (nSPS) is 11.7. The van der Waals surface area contributed by atoms with Crippen LogP contribution < -0.4 is 10.0 Å². The van der Waals surface area contributed by atoms with Crippen LogP contribution in [0.3, 0.4) is 0 Å². The molecular formula is C22H22N4O3S2. The number of ether oxygens (including phenoxy) is 1. The van der Waals surface area contributed by atoms with Crippen molar-refractivity contribution in [2.24, 2.45) is 0 Å². The van der Waals surface area contributed by atoms with Crippen LogP contribution in [0.25, 0.3) is 21.3 Å². The number of methoxy groups -OCH3 is 1. The summed E-state index contributed by atoms with van der Waals surface area (Å²) in [5, 5.41) is 6.46. The lowest BCUT2D eigenvalue weighted by Crippen LogP contribution is -2.18. The molecule has 0 radical (unpaired) electrons. The minimum Gasteiger partial charge on any atom is -0.377 e. The van der Waals surface area contributed by atoms with E-state index in [1.165, 1.54) is 7.05 Å². The van der Waals surface area contributed by atoms with Gasteiger partial charge in [0.15, 0.2) is 5.82 Å². The first kappa shape index (κ1) is 21.4. The molecule has 0 aliphatic heterocycles. The molecule has 31 heavy (non-hydrogen) atoms. The van der Waals surface area contributed by atoms with Gasteiger partial charge in [-0.25, -0.2) is 23.1 Å². The van der Waals surface area contributed by atoms with Gasteiger partial charge in [0.2, 0.25) is 10.0 Å². The topological polar surface area (TPSA) is 93.2 Å². The lowest BCUT2D eigenvalue weighted by atomic mass is 10.1. The Labute approximate surface area is 185 Å². The fourth-order valence-corrected chi connectivity index (χ4v) is 4.92. The van der Waals surface area contributed by atoms with Gasteiger partial charge in [0.1, 0.15) is 17.3 Å². The number of sulfonamides is 1. The first-order chi connectivity index (χ1) is 15.0. The monoisotopic (exact) mass is 454 g/mol. The Kier molecular flexibility index (Phi) is 6.28. The molecule has 7 nitrogen and oxygen atoms in total. The van der Waals surface area contributed by atoms with Gasteiger partial charge in [-0.05, 0) is 30.3 Å². The van der Waals surface area contributed by atoms with Crippen LogP contribution in [0.4, 0.5) is 5.82 Å². The predicted octanol–water partition coefficient (Wildman–Crippen LogP) is 4.02. The molecule has 0 aliphatic rings. The number of rotatable bonds is 8. The number of benzene rings is 2. The molecular weight excluding hydrogens is 432 g/mol. The lowest BCUT2D eigenvalue weighted by molar-refractivity contribution is 0.178. The summed E-state index contributed by atoms with van der Waals surface area (Å²) < 4.78 is 31.4. The molecule has 4 aromatic rings. The van der Waals surface area contributed by atoms with E-state index in [9.17, 15) is 8.42 Å². The fourth-order valence-electron chi connectivity index (χ4n) is 3.23. The minimum absolute atomic E-state index is 0.231. The summed E-state index contributed by atoms with van der Waals surface area (Å²) in [5.74, 6) is 1.33. The van der Waals surface area contributed by atoms with Gasteiger partial charge in [-0.15, -0.1) is 11.3 Å². The average molecular weight is 455 g/mol. The maximum atomic E-state index is 11.9. The largest absolute Gasteiger partial charge is 0.377 e. The van der Waals surface area contributed by atoms with Crippen LogP contribution >= 0.6 is 11.3 Å². The maximum absolute atomic E-state index is 11.9. The van der Waals surface area contributed by atoms with Crippen LogP contribution in [-0.2, 0) is 27.9 Å². The van der Waals surface area contributed by atoms with E-state index in [-0.39, 0.29) is 4.90 Å². The van der Waals surface area contributed by atoms with Crippen molar-refractivity contribution >= 4 is 37.4 Å². The molecule has 0 unspecified atom stereocenters. The van der Waals surface area contributed by atoms with Crippen LogP contribution in [0.15, 0.2) is 64.9 Å². The van der Waals surface area contributed by atoms with Crippen molar-refractivity contribution in [3.8, 4) is 11.1 Å². The van der Waals surface area contributed by atoms with Gasteiger partial charge in [-0.3, -0.25) is 0 Å². The van der Waals surface area contributed by atoms with E-state index < -0.39 is 10.0 Å². The number of thiophene rings is 1. The molecule has 0 bridgehead atoms. The zero-order valence-electron chi connectivity index (χ0n) is 17.1. The summed E-state index contributed by atoms with van der Waals surface area (Å²) in [4.78, 5) is 10.5. The fraction of sp³-hybridized carbons (Fsp3) is 0.182. The third-order valence-corrected chi connectivity index (χ3v) is 7.10. The maximum Gasteiger partial charge on any atom is 0.240 e. The smallest absolute Gasteiger partial charge is 0.240 e. The van der Waals surface area contributed by atoms with E-state index in [0.29, 0.717) is 19.0 Å². The van der Waals surface area contributed by atoms with E-state index in [2.05, 4.69) is 37.5 Å². The highest BCUT2D eigenvalue weighted by molar-refractivity contribution is 7.89. The van der Waals surface area contributed by atoms with Crippen molar-refractivity contribution < 1.29 is 13.2 Å². The standard InChI is InChI=1S/C22H22N4O3S2/c1-23-31(27,28)17-10-8-15(9-11-17)12-24-21-20-18(16-6-4-3-5-7-16)14-30-22(20)26-19(25-21)13-29-2/h3-11,14,23H,12-13H2,1-2H3,(H,24,25,26). The van der Waals surface area contributed by atoms with Gasteiger partial charge >= 0.3 is 0 Å². The van der Waals surface area contributed by atoms with Crippen molar-refractivity contribution in [1.82, 2.24) is 14.7 Å². The average Bonchev–Trinajstić information content (AvgIpc) is 3.23. The second-order valence-corrected chi connectivity index (χ2v) is 9.57. The van der Waals surface area contributed by atoms with Crippen LogP contribution in [0.1, 0.15) is 11.4 Å². The molecule has 0 saturated heterocycles. The first-order valence-electron chi connectivity index (χ1n) is 9.60. The minimum atomic E-state index is -3.46. The van der Waals surface area contributed by atoms with E-state index >= 15 is 0 Å². The summed E-state index contributed by atoms with van der Waals surface area (Å²) in [6, 6.07) is 16.9. The quantitative estimate of drug-likeness (QED) is 0.418. The van der Waals surface area contributed by atoms with Crippen LogP contribution in [0.5, 0.6) is 0 Å². The number of anilines is 1. The Balaban J connectivity index is 1.68. The van der Waals surface area contributed by atoms with Crippen LogP contribution in [-0.4, -0.2) is 32.5 Å². The first-order valence-corrected chi connectivity index (χ1v) is 12.0. The molecule has 2 heterocycles. The van der Waals surface area contributed by atoms with E-state index in [4.69, 9.17) is 4.74 Å². The number of hydrogen-bond acceptors (Lipinski definition) is 7. The number of fused-ring (bicyclic) bond motifs is 1. The molecule has 2 N–H and O–H groups in total. The predicted molar refractivity (Wildman–Crippen MR) is 124 cm³/mol. The highest BCUT2D eigenvalue weighted by Gasteiger charge is 2.16. The molecule has 9 heteroatoms. The third-order valence-electron chi connectivity index (χ3n) is 4.80. The Bertz CT molecular complexity index is 1290. The molecule has 0 saturated carbocycles. The second-order valence-electron chi connectivity index (χ2n) is 6.82. The lowest BCUT2D eigenvalue weighted by Gasteiger charge is -2.11. The van der Waals surface area contributed by atoms with Crippen LogP contribution in [0.2, 0.25) is 0 Å². The van der Waals surface area contributed by atoms with Crippen molar-refractivity contribution in [3.63, 3.8) is 0 Å². The Morgan fingerprint density at radius 2 is 1.77 bits per heavy atom. The molecule has 2 aromatic heterocycles. The van der Waals surface area contributed by atoms with E-state index in [0.717, 1.165) is 32.7 Å². The molecule has 0 fully saturated rings. The summed E-state index contributed by atoms with van der Waals surface area (Å²) in [6.07, 6.45) is 0. The summed E-state index contributed by atoms with van der Waals surface area (Å²) >= 11 is 1.57. The molecule has 0 aliphatic carbocycles. The highest BCUT2D eigenvalue weighted by Crippen LogP contribution is 2.37. The van der Waals surface area contributed by atoms with Crippen molar-refractivity contribution in [2.45, 2.75) is 18.0 Å². The zero-order chi connectivity index (χ0) is 21.8. The zero-order valence-corrected chi connectivity index (χ0v) is 18.8. The molecule has 2 aromatic carbocycles. The van der Waals surface area contributed by atoms with Gasteiger partial charge in [0.05, 0.1) is 10.3 Å². The van der Waals surface area contributed by atoms with Crippen molar-refractivity contribution in [2.75, 3.05) is 19.5 Å². The third kappa shape index (κ3) is 4.59. The van der Waals surface area contributed by atoms with Gasteiger partial charge in [0, 0.05) is 24.6 Å². The van der Waals surface area contributed by atoms with Gasteiger partial charge in [-0.2, -0.15) is 0 Å². The molecule has 4 rings (SSSR count).